The number of nitrogens with zero attached hydrogens (tertiary/aromatic N) is 2. The number of carbonyl (C=O) groups is 1. The van der Waals surface area contributed by atoms with E-state index in [1.165, 1.54) is 0 Å². The Hall–Kier alpha value is -1.84. The Bertz CT molecular complexity index is 514. The monoisotopic (exact) mass is 190 g/mol. The minimum Gasteiger partial charge on any atom is -0.476 e. The molecule has 0 aliphatic rings. The van der Waals surface area contributed by atoms with E-state index in [2.05, 4.69) is 5.10 Å². The van der Waals surface area contributed by atoms with Crippen LogP contribution in [0.5, 0.6) is 0 Å². The average molecular weight is 190 g/mol. The lowest BCUT2D eigenvalue weighted by Gasteiger charge is -1.94. The number of hydrogen-bond acceptors (Lipinski definition) is 2. The predicted molar refractivity (Wildman–Crippen MR) is 52.4 cm³/mol. The molecule has 0 unspecified atom stereocenters. The first-order valence-electron chi connectivity index (χ1n) is 4.26. The van der Waals surface area contributed by atoms with Gasteiger partial charge in [-0.2, -0.15) is 5.10 Å². The van der Waals surface area contributed by atoms with Gasteiger partial charge in [-0.05, 0) is 18.6 Å². The molecule has 2 rings (SSSR count). The molecule has 72 valence electrons. The third-order valence-electron chi connectivity index (χ3n) is 2.21. The number of benzene rings is 1. The van der Waals surface area contributed by atoms with Gasteiger partial charge < -0.3 is 5.11 Å². The van der Waals surface area contributed by atoms with Crippen LogP contribution in [-0.2, 0) is 7.05 Å². The Morgan fingerprint density at radius 1 is 1.50 bits per heavy atom. The second-order valence-corrected chi connectivity index (χ2v) is 3.30. The van der Waals surface area contributed by atoms with Crippen molar-refractivity contribution in [1.29, 1.82) is 0 Å². The highest BCUT2D eigenvalue weighted by molar-refractivity contribution is 6.01. The van der Waals surface area contributed by atoms with E-state index in [4.69, 9.17) is 5.11 Å². The lowest BCUT2D eigenvalue weighted by Crippen LogP contribution is -1.99. The summed E-state index contributed by atoms with van der Waals surface area (Å²) in [6, 6.07) is 5.60. The van der Waals surface area contributed by atoms with Crippen LogP contribution in [0, 0.1) is 6.92 Å². The Morgan fingerprint density at radius 2 is 2.21 bits per heavy atom. The Labute approximate surface area is 80.8 Å². The lowest BCUT2D eigenvalue weighted by molar-refractivity contribution is 0.0691. The molecule has 2 aromatic rings. The van der Waals surface area contributed by atoms with E-state index in [-0.39, 0.29) is 5.69 Å². The van der Waals surface area contributed by atoms with E-state index in [1.54, 1.807) is 17.8 Å². The van der Waals surface area contributed by atoms with Crippen LogP contribution in [0.2, 0.25) is 0 Å². The molecule has 4 nitrogen and oxygen atoms in total. The summed E-state index contributed by atoms with van der Waals surface area (Å²) in [4.78, 5) is 10.8. The number of carboxylic acids is 1. The molecule has 0 fully saturated rings. The molecule has 1 N–H and O–H groups in total. The maximum atomic E-state index is 10.8. The van der Waals surface area contributed by atoms with E-state index in [9.17, 15) is 4.79 Å². The molecule has 0 aliphatic heterocycles. The van der Waals surface area contributed by atoms with Crippen molar-refractivity contribution < 1.29 is 9.90 Å². The third-order valence-corrected chi connectivity index (χ3v) is 2.21. The Balaban J connectivity index is 2.84. The van der Waals surface area contributed by atoms with Crippen LogP contribution < -0.4 is 0 Å². The molecule has 0 spiro atoms. The zero-order valence-electron chi connectivity index (χ0n) is 7.98. The maximum Gasteiger partial charge on any atom is 0.357 e. The average Bonchev–Trinajstić information content (AvgIpc) is 2.44. The van der Waals surface area contributed by atoms with Crippen molar-refractivity contribution in [3.63, 3.8) is 0 Å². The number of carboxylic acid groups (broad SMARTS) is 1. The summed E-state index contributed by atoms with van der Waals surface area (Å²) < 4.78 is 1.59. The Morgan fingerprint density at radius 3 is 2.86 bits per heavy atom. The number of aromatic nitrogens is 2. The fourth-order valence-corrected chi connectivity index (χ4v) is 1.53. The molecule has 0 aliphatic carbocycles. The lowest BCUT2D eigenvalue weighted by atomic mass is 10.1. The summed E-state index contributed by atoms with van der Waals surface area (Å²) in [6.45, 7) is 1.97. The Kier molecular flexibility index (Phi) is 1.77. The topological polar surface area (TPSA) is 55.1 Å². The molecule has 1 heterocycles. The summed E-state index contributed by atoms with van der Waals surface area (Å²) in [5.41, 5.74) is 2.06. The summed E-state index contributed by atoms with van der Waals surface area (Å²) >= 11 is 0. The van der Waals surface area contributed by atoms with Crippen molar-refractivity contribution in [2.24, 2.45) is 7.05 Å². The second kappa shape index (κ2) is 2.83. The predicted octanol–water partition coefficient (Wildman–Crippen LogP) is 1.58. The molecular weight excluding hydrogens is 180 g/mol. The van der Waals surface area contributed by atoms with Gasteiger partial charge in [0.1, 0.15) is 0 Å². The molecule has 0 saturated heterocycles. The summed E-state index contributed by atoms with van der Waals surface area (Å²) in [7, 11) is 1.74. The highest BCUT2D eigenvalue weighted by atomic mass is 16.4. The van der Waals surface area contributed by atoms with Crippen molar-refractivity contribution in [3.8, 4) is 0 Å². The van der Waals surface area contributed by atoms with Gasteiger partial charge in [0.05, 0.1) is 5.52 Å². The molecule has 0 radical (unpaired) electrons. The number of rotatable bonds is 1. The van der Waals surface area contributed by atoms with Gasteiger partial charge in [0.25, 0.3) is 0 Å². The molecular formula is C10H10N2O2. The fourth-order valence-electron chi connectivity index (χ4n) is 1.53. The van der Waals surface area contributed by atoms with Crippen LogP contribution in [0.15, 0.2) is 18.2 Å². The minimum absolute atomic E-state index is 0.113. The van der Waals surface area contributed by atoms with Crippen LogP contribution >= 0.6 is 0 Å². The second-order valence-electron chi connectivity index (χ2n) is 3.30. The van der Waals surface area contributed by atoms with Crippen LogP contribution in [0.1, 0.15) is 16.1 Å². The van der Waals surface area contributed by atoms with E-state index in [0.717, 1.165) is 11.1 Å². The van der Waals surface area contributed by atoms with Crippen LogP contribution in [0.4, 0.5) is 0 Å². The zero-order valence-corrected chi connectivity index (χ0v) is 7.98. The first-order chi connectivity index (χ1) is 6.59. The van der Waals surface area contributed by atoms with E-state index >= 15 is 0 Å². The van der Waals surface area contributed by atoms with Crippen LogP contribution in [0.3, 0.4) is 0 Å². The fraction of sp³-hybridized carbons (Fsp3) is 0.200. The molecule has 4 heteroatoms. The smallest absolute Gasteiger partial charge is 0.357 e. The maximum absolute atomic E-state index is 10.8. The van der Waals surface area contributed by atoms with Gasteiger partial charge >= 0.3 is 5.97 Å². The van der Waals surface area contributed by atoms with Gasteiger partial charge in [0, 0.05) is 12.4 Å². The van der Waals surface area contributed by atoms with Gasteiger partial charge in [0.15, 0.2) is 5.69 Å². The normalized spacial score (nSPS) is 10.7. The van der Waals surface area contributed by atoms with Crippen LogP contribution in [-0.4, -0.2) is 20.9 Å². The van der Waals surface area contributed by atoms with Crippen molar-refractivity contribution in [1.82, 2.24) is 9.78 Å². The summed E-state index contributed by atoms with van der Waals surface area (Å²) in [5, 5.41) is 13.5. The van der Waals surface area contributed by atoms with Gasteiger partial charge in [-0.15, -0.1) is 0 Å². The van der Waals surface area contributed by atoms with Crippen molar-refractivity contribution in [2.45, 2.75) is 6.92 Å². The molecule has 1 aromatic carbocycles. The largest absolute Gasteiger partial charge is 0.476 e. The molecule has 0 amide bonds. The number of fused-ring (bicyclic) bond motifs is 1. The van der Waals surface area contributed by atoms with E-state index in [1.807, 2.05) is 19.1 Å². The third kappa shape index (κ3) is 1.16. The van der Waals surface area contributed by atoms with Crippen molar-refractivity contribution in [3.05, 3.63) is 29.5 Å². The van der Waals surface area contributed by atoms with E-state index < -0.39 is 5.97 Å². The van der Waals surface area contributed by atoms with Crippen molar-refractivity contribution >= 4 is 16.9 Å². The summed E-state index contributed by atoms with van der Waals surface area (Å²) in [5.74, 6) is -0.987. The standard InChI is InChI=1S/C10H10N2O2/c1-6-3-4-7-8(5-6)12(2)11-9(7)10(13)14/h3-5H,1-2H3,(H,13,14). The SMILES string of the molecule is Cc1ccc2c(C(=O)O)nn(C)c2c1. The van der Waals surface area contributed by atoms with Gasteiger partial charge in [-0.25, -0.2) is 4.79 Å². The molecule has 0 atom stereocenters. The molecule has 14 heavy (non-hydrogen) atoms. The number of hydrogen-bond donors (Lipinski definition) is 1. The molecule has 0 saturated carbocycles. The quantitative estimate of drug-likeness (QED) is 0.742. The van der Waals surface area contributed by atoms with Crippen molar-refractivity contribution in [2.75, 3.05) is 0 Å². The highest BCUT2D eigenvalue weighted by Gasteiger charge is 2.14. The first-order valence-corrected chi connectivity index (χ1v) is 4.26. The minimum atomic E-state index is -0.987. The van der Waals surface area contributed by atoms with Gasteiger partial charge in [-0.1, -0.05) is 12.1 Å². The number of aryl methyl sites for hydroxylation is 2. The zero-order chi connectivity index (χ0) is 10.3. The van der Waals surface area contributed by atoms with Gasteiger partial charge in [-0.3, -0.25) is 4.68 Å². The molecule has 1 aromatic heterocycles. The summed E-state index contributed by atoms with van der Waals surface area (Å²) in [6.07, 6.45) is 0. The van der Waals surface area contributed by atoms with Crippen LogP contribution in [0.25, 0.3) is 10.9 Å². The van der Waals surface area contributed by atoms with E-state index in [0.29, 0.717) is 5.39 Å². The highest BCUT2D eigenvalue weighted by Crippen LogP contribution is 2.18. The molecule has 0 bridgehead atoms. The van der Waals surface area contributed by atoms with Gasteiger partial charge in [0.2, 0.25) is 0 Å². The first kappa shape index (κ1) is 8.74. The number of aromatic carboxylic acids is 1.